The van der Waals surface area contributed by atoms with Gasteiger partial charge in [0.2, 0.25) is 0 Å². The van der Waals surface area contributed by atoms with Crippen LogP contribution in [0.15, 0.2) is 42.6 Å². The first-order valence-corrected chi connectivity index (χ1v) is 7.19. The molecule has 0 spiro atoms. The molecule has 0 aliphatic carbocycles. The number of amides is 1. The van der Waals surface area contributed by atoms with Gasteiger partial charge in [-0.1, -0.05) is 29.8 Å². The lowest BCUT2D eigenvalue weighted by molar-refractivity contribution is -0.124. The number of hydrogen-bond acceptors (Lipinski definition) is 3. The number of nitrogens with zero attached hydrogens (tertiary/aromatic N) is 1. The van der Waals surface area contributed by atoms with Gasteiger partial charge in [0, 0.05) is 18.3 Å². The third-order valence-corrected chi connectivity index (χ3v) is 3.58. The fourth-order valence-electron chi connectivity index (χ4n) is 2.07. The molecule has 0 bridgehead atoms. The molecule has 1 atom stereocenters. The van der Waals surface area contributed by atoms with Crippen LogP contribution in [0, 0.1) is 0 Å². The Balaban J connectivity index is 1.87. The van der Waals surface area contributed by atoms with Gasteiger partial charge in [-0.25, -0.2) is 4.79 Å². The average molecular weight is 321 g/mol. The molecule has 0 aliphatic rings. The Bertz CT molecular complexity index is 682. The Hall–Kier alpha value is -2.27. The molecular formula is C16H17ClN2O3. The standard InChI is InChI=1S/C16H17ClN2O3/c1-11(12-6-3-4-7-13(12)17)18-15(20)10-22-16(21)14-8-5-9-19(14)2/h3-9,11H,10H2,1-2H3,(H,18,20)/t11-/m1/s1. The van der Waals surface area contributed by atoms with Crippen molar-refractivity contribution >= 4 is 23.5 Å². The number of ether oxygens (including phenoxy) is 1. The first kappa shape index (κ1) is 16.1. The van der Waals surface area contributed by atoms with Gasteiger partial charge in [-0.05, 0) is 30.7 Å². The highest BCUT2D eigenvalue weighted by Gasteiger charge is 2.15. The minimum absolute atomic E-state index is 0.269. The largest absolute Gasteiger partial charge is 0.451 e. The van der Waals surface area contributed by atoms with Crippen LogP contribution in [0.3, 0.4) is 0 Å². The smallest absolute Gasteiger partial charge is 0.355 e. The molecule has 2 aromatic rings. The van der Waals surface area contributed by atoms with E-state index in [1.54, 1.807) is 36.0 Å². The Morgan fingerprint density at radius 1 is 1.27 bits per heavy atom. The van der Waals surface area contributed by atoms with Crippen LogP contribution in [0.4, 0.5) is 0 Å². The fourth-order valence-corrected chi connectivity index (χ4v) is 2.36. The first-order chi connectivity index (χ1) is 10.5. The molecule has 1 aromatic heterocycles. The van der Waals surface area contributed by atoms with Gasteiger partial charge in [0.05, 0.1) is 6.04 Å². The van der Waals surface area contributed by atoms with E-state index in [9.17, 15) is 9.59 Å². The van der Waals surface area contributed by atoms with Gasteiger partial charge in [0.15, 0.2) is 6.61 Å². The minimum atomic E-state index is -0.534. The number of aromatic nitrogens is 1. The SMILES string of the molecule is C[C@@H](NC(=O)COC(=O)c1cccn1C)c1ccccc1Cl. The molecular weight excluding hydrogens is 304 g/mol. The Morgan fingerprint density at radius 3 is 2.64 bits per heavy atom. The van der Waals surface area contributed by atoms with Crippen LogP contribution in [-0.4, -0.2) is 23.1 Å². The molecule has 0 fully saturated rings. The second-order valence-corrected chi connectivity index (χ2v) is 5.30. The van der Waals surface area contributed by atoms with E-state index in [0.717, 1.165) is 5.56 Å². The van der Waals surface area contributed by atoms with Crippen molar-refractivity contribution in [3.63, 3.8) is 0 Å². The lowest BCUT2D eigenvalue weighted by atomic mass is 10.1. The van der Waals surface area contributed by atoms with E-state index in [1.807, 2.05) is 25.1 Å². The molecule has 22 heavy (non-hydrogen) atoms. The normalized spacial score (nSPS) is 11.8. The number of rotatable bonds is 5. The minimum Gasteiger partial charge on any atom is -0.451 e. The highest BCUT2D eigenvalue weighted by atomic mass is 35.5. The van der Waals surface area contributed by atoms with Crippen LogP contribution in [0.1, 0.15) is 29.0 Å². The molecule has 1 aromatic carbocycles. The molecule has 5 nitrogen and oxygen atoms in total. The third-order valence-electron chi connectivity index (χ3n) is 3.24. The predicted octanol–water partition coefficient (Wildman–Crippen LogP) is 2.71. The average Bonchev–Trinajstić information content (AvgIpc) is 2.91. The lowest BCUT2D eigenvalue weighted by Gasteiger charge is -2.15. The third kappa shape index (κ3) is 3.89. The van der Waals surface area contributed by atoms with Gasteiger partial charge in [0.1, 0.15) is 5.69 Å². The van der Waals surface area contributed by atoms with Gasteiger partial charge < -0.3 is 14.6 Å². The van der Waals surface area contributed by atoms with E-state index in [0.29, 0.717) is 10.7 Å². The van der Waals surface area contributed by atoms with Crippen LogP contribution in [0.25, 0.3) is 0 Å². The predicted molar refractivity (Wildman–Crippen MR) is 83.7 cm³/mol. The van der Waals surface area contributed by atoms with Crippen LogP contribution < -0.4 is 5.32 Å². The quantitative estimate of drug-likeness (QED) is 0.862. The topological polar surface area (TPSA) is 60.3 Å². The summed E-state index contributed by atoms with van der Waals surface area (Å²) in [6.07, 6.45) is 1.73. The van der Waals surface area contributed by atoms with Crippen molar-refractivity contribution in [3.05, 3.63) is 58.9 Å². The molecule has 0 saturated heterocycles. The van der Waals surface area contributed by atoms with E-state index < -0.39 is 5.97 Å². The number of halogens is 1. The summed E-state index contributed by atoms with van der Waals surface area (Å²) in [5, 5.41) is 3.32. The van der Waals surface area contributed by atoms with E-state index in [1.165, 1.54) is 0 Å². The summed E-state index contributed by atoms with van der Waals surface area (Å²) < 4.78 is 6.62. The number of benzene rings is 1. The summed E-state index contributed by atoms with van der Waals surface area (Å²) in [6, 6.07) is 10.4. The van der Waals surface area contributed by atoms with Crippen LogP contribution in [0.2, 0.25) is 5.02 Å². The maximum atomic E-state index is 11.9. The summed E-state index contributed by atoms with van der Waals surface area (Å²) in [6.45, 7) is 1.48. The Labute approximate surface area is 133 Å². The van der Waals surface area contributed by atoms with Crippen molar-refractivity contribution < 1.29 is 14.3 Å². The number of nitrogens with one attached hydrogen (secondary N) is 1. The summed E-state index contributed by atoms with van der Waals surface area (Å²) in [5.74, 6) is -0.914. The Morgan fingerprint density at radius 2 is 2.00 bits per heavy atom. The summed E-state index contributed by atoms with van der Waals surface area (Å²) >= 11 is 6.08. The van der Waals surface area contributed by atoms with E-state index in [4.69, 9.17) is 16.3 Å². The van der Waals surface area contributed by atoms with Crippen molar-refractivity contribution in [1.82, 2.24) is 9.88 Å². The zero-order valence-corrected chi connectivity index (χ0v) is 13.1. The number of carbonyl (C=O) groups is 2. The lowest BCUT2D eigenvalue weighted by Crippen LogP contribution is -2.31. The van der Waals surface area contributed by atoms with Crippen molar-refractivity contribution in [3.8, 4) is 0 Å². The zero-order chi connectivity index (χ0) is 16.1. The van der Waals surface area contributed by atoms with Crippen LogP contribution in [0.5, 0.6) is 0 Å². The molecule has 6 heteroatoms. The molecule has 1 amide bonds. The highest BCUT2D eigenvalue weighted by Crippen LogP contribution is 2.21. The van der Waals surface area contributed by atoms with Crippen molar-refractivity contribution in [2.24, 2.45) is 7.05 Å². The van der Waals surface area contributed by atoms with Gasteiger partial charge in [-0.15, -0.1) is 0 Å². The number of hydrogen-bond donors (Lipinski definition) is 1. The van der Waals surface area contributed by atoms with Crippen molar-refractivity contribution in [2.45, 2.75) is 13.0 Å². The van der Waals surface area contributed by atoms with E-state index in [-0.39, 0.29) is 18.6 Å². The maximum absolute atomic E-state index is 11.9. The summed E-state index contributed by atoms with van der Waals surface area (Å²) in [7, 11) is 1.73. The highest BCUT2D eigenvalue weighted by molar-refractivity contribution is 6.31. The van der Waals surface area contributed by atoms with Crippen LogP contribution in [-0.2, 0) is 16.6 Å². The number of carbonyl (C=O) groups excluding carboxylic acids is 2. The van der Waals surface area contributed by atoms with E-state index in [2.05, 4.69) is 5.32 Å². The second kappa shape index (κ2) is 7.13. The summed E-state index contributed by atoms with van der Waals surface area (Å²) in [4.78, 5) is 23.7. The van der Waals surface area contributed by atoms with Gasteiger partial charge in [-0.3, -0.25) is 4.79 Å². The fraction of sp³-hybridized carbons (Fsp3) is 0.250. The van der Waals surface area contributed by atoms with Gasteiger partial charge in [-0.2, -0.15) is 0 Å². The zero-order valence-electron chi connectivity index (χ0n) is 12.4. The molecule has 0 saturated carbocycles. The first-order valence-electron chi connectivity index (χ1n) is 6.81. The van der Waals surface area contributed by atoms with Crippen molar-refractivity contribution in [1.29, 1.82) is 0 Å². The molecule has 116 valence electrons. The Kier molecular flexibility index (Phi) is 5.22. The maximum Gasteiger partial charge on any atom is 0.355 e. The monoisotopic (exact) mass is 320 g/mol. The second-order valence-electron chi connectivity index (χ2n) is 4.89. The molecule has 1 heterocycles. The molecule has 2 rings (SSSR count). The van der Waals surface area contributed by atoms with Crippen LogP contribution >= 0.6 is 11.6 Å². The molecule has 0 radical (unpaired) electrons. The van der Waals surface area contributed by atoms with Crippen molar-refractivity contribution in [2.75, 3.05) is 6.61 Å². The van der Waals surface area contributed by atoms with Gasteiger partial charge >= 0.3 is 5.97 Å². The number of aryl methyl sites for hydroxylation is 1. The number of esters is 1. The summed E-state index contributed by atoms with van der Waals surface area (Å²) in [5.41, 5.74) is 1.21. The van der Waals surface area contributed by atoms with Gasteiger partial charge in [0.25, 0.3) is 5.91 Å². The molecule has 1 N–H and O–H groups in total. The van der Waals surface area contributed by atoms with E-state index >= 15 is 0 Å². The molecule has 0 unspecified atom stereocenters. The molecule has 0 aliphatic heterocycles.